The van der Waals surface area contributed by atoms with Crippen molar-refractivity contribution in [3.8, 4) is 0 Å². The van der Waals surface area contributed by atoms with Crippen molar-refractivity contribution in [3.63, 3.8) is 0 Å². The van der Waals surface area contributed by atoms with Crippen LogP contribution in [-0.2, 0) is 9.26 Å². The predicted octanol–water partition coefficient (Wildman–Crippen LogP) is 3.56. The second-order valence-electron chi connectivity index (χ2n) is 8.36. The van der Waals surface area contributed by atoms with Crippen molar-refractivity contribution >= 4 is 36.0 Å². The Kier molecular flexibility index (Phi) is 6.70. The molecule has 0 aromatic carbocycles. The second kappa shape index (κ2) is 9.12. The van der Waals surface area contributed by atoms with E-state index in [0.717, 1.165) is 19.5 Å². The Bertz CT molecular complexity index is 927. The fourth-order valence-electron chi connectivity index (χ4n) is 3.45. The molecule has 11 heteroatoms. The molecule has 0 radical (unpaired) electrons. The van der Waals surface area contributed by atoms with Gasteiger partial charge in [0, 0.05) is 18.3 Å². The molecule has 2 aliphatic rings. The Balaban J connectivity index is 1.62. The predicted molar refractivity (Wildman–Crippen MR) is 122 cm³/mol. The summed E-state index contributed by atoms with van der Waals surface area (Å²) in [5.74, 6) is 0.900. The van der Waals surface area contributed by atoms with Crippen molar-refractivity contribution in [2.24, 2.45) is 5.92 Å². The van der Waals surface area contributed by atoms with Gasteiger partial charge in [-0.05, 0) is 19.3 Å². The highest BCUT2D eigenvalue weighted by molar-refractivity contribution is 8.54. The number of H-pyrrole nitrogens is 1. The van der Waals surface area contributed by atoms with Crippen molar-refractivity contribution in [1.82, 2.24) is 24.2 Å². The number of rotatable bonds is 6. The van der Waals surface area contributed by atoms with Gasteiger partial charge >= 0.3 is 0 Å². The Labute approximate surface area is 182 Å². The van der Waals surface area contributed by atoms with Crippen LogP contribution in [0.4, 0.5) is 5.95 Å². The van der Waals surface area contributed by atoms with Gasteiger partial charge in [-0.2, -0.15) is 4.98 Å². The first-order valence-corrected chi connectivity index (χ1v) is 13.3. The number of aromatic amines is 1. The molecule has 4 rings (SSSR count). The van der Waals surface area contributed by atoms with Gasteiger partial charge in [-0.15, -0.1) is 0 Å². The van der Waals surface area contributed by atoms with Crippen LogP contribution in [0.3, 0.4) is 0 Å². The summed E-state index contributed by atoms with van der Waals surface area (Å²) in [5.41, 5.74) is 0.631. The van der Waals surface area contributed by atoms with Crippen LogP contribution in [0.1, 0.15) is 47.3 Å². The molecule has 3 unspecified atom stereocenters. The number of nitrogens with one attached hydrogen (secondary N) is 2. The van der Waals surface area contributed by atoms with Crippen LogP contribution in [0, 0.1) is 5.92 Å². The number of nitrogens with zero attached hydrogens (tertiary/aromatic N) is 4. The van der Waals surface area contributed by atoms with Crippen LogP contribution < -0.4 is 10.9 Å². The Morgan fingerprint density at radius 1 is 1.40 bits per heavy atom. The van der Waals surface area contributed by atoms with Gasteiger partial charge in [0.05, 0.1) is 25.1 Å². The highest BCUT2D eigenvalue weighted by Crippen LogP contribution is 2.63. The first-order chi connectivity index (χ1) is 14.4. The van der Waals surface area contributed by atoms with E-state index in [4.69, 9.17) is 9.26 Å². The number of hydrogen-bond acceptors (Lipinski definition) is 8. The molecule has 166 valence electrons. The van der Waals surface area contributed by atoms with Crippen LogP contribution in [0.2, 0.25) is 0 Å². The summed E-state index contributed by atoms with van der Waals surface area (Å²) >= 11 is 1.92. The van der Waals surface area contributed by atoms with Crippen molar-refractivity contribution < 1.29 is 9.26 Å². The number of hydrogen-bond donors (Lipinski definition) is 2. The monoisotopic (exact) mass is 454 g/mol. The van der Waals surface area contributed by atoms with Gasteiger partial charge in [0.1, 0.15) is 6.23 Å². The van der Waals surface area contributed by atoms with E-state index in [1.165, 1.54) is 0 Å². The minimum absolute atomic E-state index is 0.0969. The smallest absolute Gasteiger partial charge is 0.280 e. The molecule has 2 N–H and O–H groups in total. The molecule has 0 saturated carbocycles. The Hall–Kier alpha value is -1.19. The maximum absolute atomic E-state index is 12.5. The lowest BCUT2D eigenvalue weighted by Crippen LogP contribution is -2.42. The topological polar surface area (TPSA) is 97.3 Å². The lowest BCUT2D eigenvalue weighted by molar-refractivity contribution is -0.100. The summed E-state index contributed by atoms with van der Waals surface area (Å²) in [4.78, 5) is 24.3. The molecule has 2 saturated heterocycles. The van der Waals surface area contributed by atoms with Crippen molar-refractivity contribution in [2.75, 3.05) is 25.0 Å². The number of anilines is 1. The van der Waals surface area contributed by atoms with Crippen LogP contribution in [0.5, 0.6) is 0 Å². The molecular weight excluding hydrogens is 423 g/mol. The maximum atomic E-state index is 12.5. The van der Waals surface area contributed by atoms with Crippen molar-refractivity contribution in [1.29, 1.82) is 0 Å². The molecular formula is C19H31N6O3PS. The van der Waals surface area contributed by atoms with E-state index in [2.05, 4.69) is 59.6 Å². The van der Waals surface area contributed by atoms with Gasteiger partial charge in [0.25, 0.3) is 5.56 Å². The van der Waals surface area contributed by atoms with Crippen LogP contribution in [0.25, 0.3) is 11.2 Å². The number of imidazole rings is 1. The third-order valence-electron chi connectivity index (χ3n) is 5.41. The Morgan fingerprint density at radius 3 is 2.87 bits per heavy atom. The van der Waals surface area contributed by atoms with Gasteiger partial charge in [-0.25, -0.2) is 9.65 Å². The number of fused-ring (bicyclic) bond motifs is 1. The third kappa shape index (κ3) is 4.53. The summed E-state index contributed by atoms with van der Waals surface area (Å²) in [6.45, 7) is 13.0. The largest absolute Gasteiger partial charge is 0.355 e. The van der Waals surface area contributed by atoms with Crippen LogP contribution >= 0.6 is 18.9 Å². The zero-order valence-electron chi connectivity index (χ0n) is 18.2. The molecule has 2 aliphatic heterocycles. The molecule has 0 bridgehead atoms. The van der Waals surface area contributed by atoms with Crippen molar-refractivity contribution in [2.45, 2.75) is 64.7 Å². The standard InChI is InChI=1S/C19H31N6O3PS/c1-6-14-8-24(29-28-12(4)13(5)30-29)9-15(27-14)25-10-21-16-17(25)22-19(23-18(16)26)20-7-11(2)3/h10-15H,6-9H2,1-5H3,(H2,20,22,23,26)/t12?,13?,14-,15-,29?/m1/s1. The van der Waals surface area contributed by atoms with Crippen LogP contribution in [0.15, 0.2) is 11.1 Å². The molecule has 30 heavy (non-hydrogen) atoms. The van der Waals surface area contributed by atoms with Gasteiger partial charge in [0.15, 0.2) is 18.7 Å². The second-order valence-corrected chi connectivity index (χ2v) is 12.1. The Morgan fingerprint density at radius 2 is 2.20 bits per heavy atom. The summed E-state index contributed by atoms with van der Waals surface area (Å²) in [5, 5.41) is 3.69. The van der Waals surface area contributed by atoms with E-state index < -0.39 is 7.50 Å². The maximum Gasteiger partial charge on any atom is 0.280 e. The van der Waals surface area contributed by atoms with Crippen molar-refractivity contribution in [3.05, 3.63) is 16.7 Å². The third-order valence-corrected chi connectivity index (χ3v) is 10.1. The number of ether oxygens (including phenoxy) is 1. The quantitative estimate of drug-likeness (QED) is 0.640. The van der Waals surface area contributed by atoms with E-state index in [9.17, 15) is 4.79 Å². The average Bonchev–Trinajstić information content (AvgIpc) is 3.30. The highest BCUT2D eigenvalue weighted by atomic mass is 32.7. The highest BCUT2D eigenvalue weighted by Gasteiger charge is 2.40. The van der Waals surface area contributed by atoms with E-state index in [0.29, 0.717) is 34.8 Å². The zero-order chi connectivity index (χ0) is 21.4. The summed E-state index contributed by atoms with van der Waals surface area (Å²) in [6, 6.07) is 0. The molecule has 5 atom stereocenters. The lowest BCUT2D eigenvalue weighted by Gasteiger charge is -2.39. The average molecular weight is 455 g/mol. The number of morpholine rings is 1. The first-order valence-electron chi connectivity index (χ1n) is 10.6. The SMILES string of the molecule is CC[C@@H]1CN(P2OC(C)C(C)S2)C[C@H](n2cnc3c(=O)[nH]c(NCC(C)C)nc32)O1. The van der Waals surface area contributed by atoms with E-state index in [-0.39, 0.29) is 24.0 Å². The molecule has 2 aromatic rings. The van der Waals surface area contributed by atoms with Gasteiger partial charge in [0.2, 0.25) is 5.95 Å². The first kappa shape index (κ1) is 22.0. The molecule has 0 aliphatic carbocycles. The van der Waals surface area contributed by atoms with E-state index in [1.807, 2.05) is 15.9 Å². The molecule has 9 nitrogen and oxygen atoms in total. The van der Waals surface area contributed by atoms with Gasteiger partial charge in [-0.1, -0.05) is 39.1 Å². The number of aromatic nitrogens is 4. The molecule has 0 spiro atoms. The molecule has 4 heterocycles. The summed E-state index contributed by atoms with van der Waals surface area (Å²) in [6.07, 6.45) is 2.67. The summed E-state index contributed by atoms with van der Waals surface area (Å²) in [7, 11) is -0.710. The fraction of sp³-hybridized carbons (Fsp3) is 0.737. The molecule has 0 amide bonds. The van der Waals surface area contributed by atoms with E-state index in [1.54, 1.807) is 6.33 Å². The van der Waals surface area contributed by atoms with Gasteiger partial charge < -0.3 is 14.6 Å². The minimum Gasteiger partial charge on any atom is -0.355 e. The molecule has 2 aromatic heterocycles. The normalized spacial score (nSPS) is 30.4. The lowest BCUT2D eigenvalue weighted by atomic mass is 10.2. The van der Waals surface area contributed by atoms with Gasteiger partial charge in [-0.3, -0.25) is 14.3 Å². The van der Waals surface area contributed by atoms with Crippen LogP contribution in [-0.4, -0.2) is 61.3 Å². The summed E-state index contributed by atoms with van der Waals surface area (Å²) < 4.78 is 16.9. The van der Waals surface area contributed by atoms with E-state index >= 15 is 0 Å². The fourth-order valence-corrected chi connectivity index (χ4v) is 8.14. The minimum atomic E-state index is -0.710. The molecule has 2 fully saturated rings. The zero-order valence-corrected chi connectivity index (χ0v) is 19.9.